The minimum atomic E-state index is -0.0402. The summed E-state index contributed by atoms with van der Waals surface area (Å²) >= 11 is 0. The molecule has 6 nitrogen and oxygen atoms in total. The lowest BCUT2D eigenvalue weighted by Gasteiger charge is -2.17. The van der Waals surface area contributed by atoms with E-state index in [0.29, 0.717) is 18.9 Å². The molecule has 2 heterocycles. The van der Waals surface area contributed by atoms with Crippen LogP contribution in [0.1, 0.15) is 50.0 Å². The van der Waals surface area contributed by atoms with Crippen LogP contribution >= 0.6 is 0 Å². The second kappa shape index (κ2) is 7.62. The highest BCUT2D eigenvalue weighted by Crippen LogP contribution is 2.25. The number of carbonyl (C=O) groups excluding carboxylic acids is 1. The van der Waals surface area contributed by atoms with Crippen LogP contribution < -0.4 is 5.32 Å². The molecule has 1 amide bonds. The van der Waals surface area contributed by atoms with E-state index >= 15 is 0 Å². The minimum Gasteiger partial charge on any atom is -0.441 e. The lowest BCUT2D eigenvalue weighted by Crippen LogP contribution is -2.19. The highest BCUT2D eigenvalue weighted by atomic mass is 16.4. The van der Waals surface area contributed by atoms with E-state index in [1.54, 1.807) is 0 Å². The molecule has 6 heteroatoms. The van der Waals surface area contributed by atoms with Crippen molar-refractivity contribution in [1.82, 2.24) is 14.8 Å². The van der Waals surface area contributed by atoms with E-state index in [1.165, 1.54) is 0 Å². The van der Waals surface area contributed by atoms with Gasteiger partial charge in [0.25, 0.3) is 0 Å². The van der Waals surface area contributed by atoms with Crippen LogP contribution in [0.3, 0.4) is 0 Å². The monoisotopic (exact) mass is 380 g/mol. The molecule has 0 saturated heterocycles. The van der Waals surface area contributed by atoms with Gasteiger partial charge in [-0.15, -0.1) is 0 Å². The summed E-state index contributed by atoms with van der Waals surface area (Å²) in [5.41, 5.74) is 4.55. The van der Waals surface area contributed by atoms with Crippen molar-refractivity contribution in [2.75, 3.05) is 5.32 Å². The molecule has 28 heavy (non-hydrogen) atoms. The molecule has 2 aromatic heterocycles. The van der Waals surface area contributed by atoms with Crippen molar-refractivity contribution >= 4 is 11.6 Å². The summed E-state index contributed by atoms with van der Waals surface area (Å²) in [7, 11) is 0. The number of anilines is 1. The Labute approximate surface area is 166 Å². The Morgan fingerprint density at radius 2 is 1.82 bits per heavy atom. The molecule has 0 spiro atoms. The first kappa shape index (κ1) is 19.9. The molecule has 0 atom stereocenters. The van der Waals surface area contributed by atoms with Gasteiger partial charge in [0.05, 0.1) is 12.2 Å². The third-order valence-corrected chi connectivity index (χ3v) is 4.40. The van der Waals surface area contributed by atoms with Gasteiger partial charge in [0.2, 0.25) is 11.8 Å². The Kier molecular flexibility index (Phi) is 5.40. The molecule has 0 bridgehead atoms. The average Bonchev–Trinajstić information content (AvgIpc) is 3.09. The van der Waals surface area contributed by atoms with Crippen LogP contribution in [0.25, 0.3) is 11.5 Å². The number of aromatic nitrogens is 3. The van der Waals surface area contributed by atoms with Crippen LogP contribution in [0.15, 0.2) is 34.7 Å². The molecule has 1 N–H and O–H groups in total. The zero-order valence-corrected chi connectivity index (χ0v) is 17.5. The van der Waals surface area contributed by atoms with Crippen LogP contribution in [0.4, 0.5) is 5.69 Å². The Bertz CT molecular complexity index is 975. The van der Waals surface area contributed by atoms with E-state index in [1.807, 2.05) is 76.6 Å². The van der Waals surface area contributed by atoms with Gasteiger partial charge in [-0.2, -0.15) is 5.10 Å². The SMILES string of the molecule is Cc1cc(C)n(Cc2nc(-c3ccc(NC(=O)CC(C)(C)C)cc3)oc2C)n1. The molecule has 0 radical (unpaired) electrons. The Hall–Kier alpha value is -2.89. The quantitative estimate of drug-likeness (QED) is 0.684. The van der Waals surface area contributed by atoms with Crippen molar-refractivity contribution in [2.45, 2.75) is 54.5 Å². The lowest BCUT2D eigenvalue weighted by atomic mass is 9.92. The first-order chi connectivity index (χ1) is 13.1. The van der Waals surface area contributed by atoms with Crippen LogP contribution in [-0.2, 0) is 11.3 Å². The molecule has 0 aliphatic carbocycles. The molecule has 0 aliphatic heterocycles. The van der Waals surface area contributed by atoms with Gasteiger partial charge >= 0.3 is 0 Å². The predicted octanol–water partition coefficient (Wildman–Crippen LogP) is 4.89. The summed E-state index contributed by atoms with van der Waals surface area (Å²) in [5, 5.41) is 7.42. The van der Waals surface area contributed by atoms with Crippen molar-refractivity contribution < 1.29 is 9.21 Å². The fourth-order valence-electron chi connectivity index (χ4n) is 3.06. The highest BCUT2D eigenvalue weighted by Gasteiger charge is 2.17. The summed E-state index contributed by atoms with van der Waals surface area (Å²) in [5.74, 6) is 1.37. The number of oxazole rings is 1. The number of nitrogens with zero attached hydrogens (tertiary/aromatic N) is 3. The molecule has 3 rings (SSSR count). The largest absolute Gasteiger partial charge is 0.441 e. The Balaban J connectivity index is 1.72. The lowest BCUT2D eigenvalue weighted by molar-refractivity contribution is -0.117. The normalized spacial score (nSPS) is 11.6. The van der Waals surface area contributed by atoms with Crippen molar-refractivity contribution in [3.63, 3.8) is 0 Å². The van der Waals surface area contributed by atoms with E-state index < -0.39 is 0 Å². The van der Waals surface area contributed by atoms with Gasteiger partial charge in [-0.25, -0.2) is 4.98 Å². The van der Waals surface area contributed by atoms with Gasteiger partial charge in [0.1, 0.15) is 11.5 Å². The molecule has 3 aromatic rings. The number of carbonyl (C=O) groups is 1. The number of rotatable bonds is 5. The van der Waals surface area contributed by atoms with Gasteiger partial charge in [0.15, 0.2) is 0 Å². The van der Waals surface area contributed by atoms with Crippen molar-refractivity contribution in [1.29, 1.82) is 0 Å². The fraction of sp³-hybridized carbons (Fsp3) is 0.409. The fourth-order valence-corrected chi connectivity index (χ4v) is 3.06. The van der Waals surface area contributed by atoms with Gasteiger partial charge in [-0.3, -0.25) is 9.48 Å². The Morgan fingerprint density at radius 1 is 1.14 bits per heavy atom. The molecule has 148 valence electrons. The summed E-state index contributed by atoms with van der Waals surface area (Å²) in [4.78, 5) is 16.7. The maximum atomic E-state index is 12.1. The summed E-state index contributed by atoms with van der Waals surface area (Å²) in [6.07, 6.45) is 0.476. The number of nitrogens with one attached hydrogen (secondary N) is 1. The second-order valence-corrected chi connectivity index (χ2v) is 8.47. The smallest absolute Gasteiger partial charge is 0.226 e. The average molecular weight is 380 g/mol. The Morgan fingerprint density at radius 3 is 2.39 bits per heavy atom. The van der Waals surface area contributed by atoms with E-state index in [2.05, 4.69) is 15.4 Å². The zero-order chi connectivity index (χ0) is 20.5. The first-order valence-electron chi connectivity index (χ1n) is 9.48. The first-order valence-corrected chi connectivity index (χ1v) is 9.48. The summed E-state index contributed by atoms with van der Waals surface area (Å²) in [6.45, 7) is 12.6. The van der Waals surface area contributed by atoms with Gasteiger partial charge in [0, 0.05) is 23.4 Å². The zero-order valence-electron chi connectivity index (χ0n) is 17.5. The summed E-state index contributed by atoms with van der Waals surface area (Å²) < 4.78 is 7.80. The van der Waals surface area contributed by atoms with E-state index in [4.69, 9.17) is 4.42 Å². The number of hydrogen-bond acceptors (Lipinski definition) is 4. The maximum absolute atomic E-state index is 12.1. The third-order valence-electron chi connectivity index (χ3n) is 4.40. The minimum absolute atomic E-state index is 0.0133. The van der Waals surface area contributed by atoms with Gasteiger partial charge in [-0.05, 0) is 56.5 Å². The second-order valence-electron chi connectivity index (χ2n) is 8.47. The van der Waals surface area contributed by atoms with Gasteiger partial charge in [-0.1, -0.05) is 20.8 Å². The molecular formula is C22H28N4O2. The van der Waals surface area contributed by atoms with Crippen LogP contribution in [0, 0.1) is 26.2 Å². The summed E-state index contributed by atoms with van der Waals surface area (Å²) in [6, 6.07) is 9.60. The molecule has 0 saturated carbocycles. The third kappa shape index (κ3) is 4.88. The van der Waals surface area contributed by atoms with Crippen LogP contribution in [0.2, 0.25) is 0 Å². The van der Waals surface area contributed by atoms with Gasteiger partial charge < -0.3 is 9.73 Å². The van der Waals surface area contributed by atoms with Crippen LogP contribution in [-0.4, -0.2) is 20.7 Å². The van der Waals surface area contributed by atoms with Crippen molar-refractivity contribution in [2.24, 2.45) is 5.41 Å². The predicted molar refractivity (Wildman–Crippen MR) is 110 cm³/mol. The topological polar surface area (TPSA) is 73.0 Å². The van der Waals surface area contributed by atoms with E-state index in [9.17, 15) is 4.79 Å². The standard InChI is InChI=1S/C22H28N4O2/c1-14-11-15(2)26(25-14)13-19-16(3)28-21(24-19)17-7-9-18(10-8-17)23-20(27)12-22(4,5)6/h7-11H,12-13H2,1-6H3,(H,23,27). The highest BCUT2D eigenvalue weighted by molar-refractivity contribution is 5.91. The van der Waals surface area contributed by atoms with Crippen LogP contribution in [0.5, 0.6) is 0 Å². The number of benzene rings is 1. The maximum Gasteiger partial charge on any atom is 0.226 e. The molecule has 0 aliphatic rings. The van der Waals surface area contributed by atoms with E-state index in [-0.39, 0.29) is 11.3 Å². The molecule has 0 unspecified atom stereocenters. The number of hydrogen-bond donors (Lipinski definition) is 1. The molecular weight excluding hydrogens is 352 g/mol. The van der Waals surface area contributed by atoms with Crippen molar-refractivity contribution in [3.8, 4) is 11.5 Å². The number of amides is 1. The molecule has 0 fully saturated rings. The van der Waals surface area contributed by atoms with Crippen molar-refractivity contribution in [3.05, 3.63) is 53.2 Å². The molecule has 1 aromatic carbocycles. The van der Waals surface area contributed by atoms with E-state index in [0.717, 1.165) is 34.1 Å². The number of aryl methyl sites for hydroxylation is 3.